The first kappa shape index (κ1) is 11.5. The van der Waals surface area contributed by atoms with Gasteiger partial charge in [-0.15, -0.1) is 0 Å². The van der Waals surface area contributed by atoms with Crippen LogP contribution in [0.3, 0.4) is 0 Å². The molecule has 2 nitrogen and oxygen atoms in total. The Balaban J connectivity index is 2.45. The monoisotopic (exact) mass is 231 g/mol. The molecule has 0 saturated carbocycles. The second-order valence-electron chi connectivity index (χ2n) is 2.73. The van der Waals surface area contributed by atoms with Crippen molar-refractivity contribution < 1.29 is 4.74 Å². The van der Waals surface area contributed by atoms with Gasteiger partial charge in [0.1, 0.15) is 5.75 Å². The first-order valence-corrected chi connectivity index (χ1v) is 6.03. The first-order valence-electron chi connectivity index (χ1n) is 4.49. The van der Waals surface area contributed by atoms with Gasteiger partial charge in [0.15, 0.2) is 0 Å². The summed E-state index contributed by atoms with van der Waals surface area (Å²) in [4.78, 5) is 0. The molecule has 1 aromatic rings. The maximum Gasteiger partial charge on any atom is 0.143 e. The molecule has 0 aliphatic rings. The van der Waals surface area contributed by atoms with E-state index in [-0.39, 0.29) is 0 Å². The van der Waals surface area contributed by atoms with E-state index in [0.717, 1.165) is 11.5 Å². The van der Waals surface area contributed by atoms with Crippen molar-refractivity contribution in [2.75, 3.05) is 23.8 Å². The predicted molar refractivity (Wildman–Crippen MR) is 64.4 cm³/mol. The molecule has 1 aromatic carbocycles. The Bertz CT molecular complexity index is 293. The van der Waals surface area contributed by atoms with E-state index >= 15 is 0 Å². The summed E-state index contributed by atoms with van der Waals surface area (Å²) in [6.45, 7) is 2.79. The summed E-state index contributed by atoms with van der Waals surface area (Å²) < 4.78 is 5.49. The van der Waals surface area contributed by atoms with Crippen molar-refractivity contribution >= 4 is 29.1 Å². The van der Waals surface area contributed by atoms with Crippen molar-refractivity contribution in [1.82, 2.24) is 0 Å². The third-order valence-corrected chi connectivity index (χ3v) is 2.76. The van der Waals surface area contributed by atoms with Gasteiger partial charge in [-0.2, -0.15) is 11.8 Å². The van der Waals surface area contributed by atoms with Crippen molar-refractivity contribution in [1.29, 1.82) is 0 Å². The first-order chi connectivity index (χ1) is 6.74. The molecule has 0 aliphatic heterocycles. The molecule has 0 aliphatic carbocycles. The molecule has 0 radical (unpaired) electrons. The lowest BCUT2D eigenvalue weighted by molar-refractivity contribution is 0.346. The maximum absolute atomic E-state index is 5.82. The minimum absolute atomic E-state index is 0.635. The number of halogens is 1. The number of nitrogens with two attached hydrogens (primary N) is 1. The number of benzene rings is 1. The van der Waals surface area contributed by atoms with E-state index in [1.54, 1.807) is 18.2 Å². The molecule has 0 fully saturated rings. The zero-order valence-electron chi connectivity index (χ0n) is 8.13. The average molecular weight is 232 g/mol. The molecule has 4 heteroatoms. The van der Waals surface area contributed by atoms with E-state index in [1.807, 2.05) is 11.8 Å². The lowest BCUT2D eigenvalue weighted by Crippen LogP contribution is -2.02. The Morgan fingerprint density at radius 3 is 3.00 bits per heavy atom. The second kappa shape index (κ2) is 6.04. The number of thioether (sulfide) groups is 1. The van der Waals surface area contributed by atoms with Crippen LogP contribution in [0.1, 0.15) is 6.92 Å². The van der Waals surface area contributed by atoms with Gasteiger partial charge in [-0.25, -0.2) is 0 Å². The van der Waals surface area contributed by atoms with Crippen LogP contribution in [0.4, 0.5) is 5.69 Å². The number of hydrogen-bond acceptors (Lipinski definition) is 3. The van der Waals surface area contributed by atoms with Gasteiger partial charge in [0.2, 0.25) is 0 Å². The summed E-state index contributed by atoms with van der Waals surface area (Å²) in [6.07, 6.45) is 0. The molecule has 0 spiro atoms. The van der Waals surface area contributed by atoms with Gasteiger partial charge in [-0.3, -0.25) is 0 Å². The molecule has 78 valence electrons. The quantitative estimate of drug-likeness (QED) is 0.625. The van der Waals surface area contributed by atoms with Crippen LogP contribution in [0.2, 0.25) is 5.02 Å². The van der Waals surface area contributed by atoms with E-state index in [2.05, 4.69) is 6.92 Å². The Kier molecular flexibility index (Phi) is 4.98. The predicted octanol–water partition coefficient (Wildman–Crippen LogP) is 3.05. The summed E-state index contributed by atoms with van der Waals surface area (Å²) in [5.41, 5.74) is 6.35. The molecular formula is C10H14ClNOS. The highest BCUT2D eigenvalue weighted by Gasteiger charge is 2.00. The fourth-order valence-corrected chi connectivity index (χ4v) is 1.64. The number of hydrogen-bond donors (Lipinski definition) is 1. The van der Waals surface area contributed by atoms with E-state index in [4.69, 9.17) is 22.1 Å². The lowest BCUT2D eigenvalue weighted by Gasteiger charge is -2.08. The largest absolute Gasteiger partial charge is 0.491 e. The third-order valence-electron chi connectivity index (χ3n) is 1.66. The van der Waals surface area contributed by atoms with Crippen LogP contribution < -0.4 is 10.5 Å². The molecule has 1 rings (SSSR count). The SMILES string of the molecule is CCSCCOc1cc(Cl)ccc1N. The lowest BCUT2D eigenvalue weighted by atomic mass is 10.3. The number of nitrogen functional groups attached to an aromatic ring is 1. The Labute approximate surface area is 93.8 Å². The highest BCUT2D eigenvalue weighted by Crippen LogP contribution is 2.25. The number of anilines is 1. The Morgan fingerprint density at radius 2 is 2.29 bits per heavy atom. The minimum Gasteiger partial charge on any atom is -0.491 e. The van der Waals surface area contributed by atoms with Crippen LogP contribution in [0, 0.1) is 0 Å². The van der Waals surface area contributed by atoms with Crippen LogP contribution in [0.5, 0.6) is 5.75 Å². The number of rotatable bonds is 5. The van der Waals surface area contributed by atoms with Gasteiger partial charge < -0.3 is 10.5 Å². The van der Waals surface area contributed by atoms with Gasteiger partial charge in [0, 0.05) is 16.8 Å². The summed E-state index contributed by atoms with van der Waals surface area (Å²) in [5, 5.41) is 0.650. The zero-order valence-corrected chi connectivity index (χ0v) is 9.70. The minimum atomic E-state index is 0.635. The van der Waals surface area contributed by atoms with Crippen LogP contribution in [-0.4, -0.2) is 18.1 Å². The van der Waals surface area contributed by atoms with Crippen LogP contribution in [0.15, 0.2) is 18.2 Å². The van der Waals surface area contributed by atoms with Crippen LogP contribution in [0.25, 0.3) is 0 Å². The van der Waals surface area contributed by atoms with Crippen molar-refractivity contribution in [3.05, 3.63) is 23.2 Å². The molecule has 2 N–H and O–H groups in total. The van der Waals surface area contributed by atoms with E-state index in [1.165, 1.54) is 0 Å². The molecule has 0 bridgehead atoms. The molecule has 0 heterocycles. The van der Waals surface area contributed by atoms with Gasteiger partial charge in [0.25, 0.3) is 0 Å². The summed E-state index contributed by atoms with van der Waals surface area (Å²) >= 11 is 7.65. The second-order valence-corrected chi connectivity index (χ2v) is 4.56. The molecule has 0 aromatic heterocycles. The van der Waals surface area contributed by atoms with Gasteiger partial charge in [-0.05, 0) is 17.9 Å². The van der Waals surface area contributed by atoms with Gasteiger partial charge in [-0.1, -0.05) is 18.5 Å². The molecule has 0 unspecified atom stereocenters. The van der Waals surface area contributed by atoms with E-state index < -0.39 is 0 Å². The molecule has 0 saturated heterocycles. The maximum atomic E-state index is 5.82. The van der Waals surface area contributed by atoms with E-state index in [9.17, 15) is 0 Å². The smallest absolute Gasteiger partial charge is 0.143 e. The van der Waals surface area contributed by atoms with Crippen molar-refractivity contribution in [3.8, 4) is 5.75 Å². The van der Waals surface area contributed by atoms with Crippen molar-refractivity contribution in [2.24, 2.45) is 0 Å². The fraction of sp³-hybridized carbons (Fsp3) is 0.400. The standard InChI is InChI=1S/C10H14ClNOS/c1-2-14-6-5-13-10-7-8(11)3-4-9(10)12/h3-4,7H,2,5-6,12H2,1H3. The molecular weight excluding hydrogens is 218 g/mol. The Hall–Kier alpha value is -0.540. The zero-order chi connectivity index (χ0) is 10.4. The molecule has 0 atom stereocenters. The van der Waals surface area contributed by atoms with Crippen molar-refractivity contribution in [3.63, 3.8) is 0 Å². The highest BCUT2D eigenvalue weighted by atomic mass is 35.5. The average Bonchev–Trinajstić information content (AvgIpc) is 2.18. The third kappa shape index (κ3) is 3.68. The summed E-state index contributed by atoms with van der Waals surface area (Å²) in [7, 11) is 0. The Morgan fingerprint density at radius 1 is 1.50 bits per heavy atom. The van der Waals surface area contributed by atoms with Crippen molar-refractivity contribution in [2.45, 2.75) is 6.92 Å². The topological polar surface area (TPSA) is 35.2 Å². The molecule has 14 heavy (non-hydrogen) atoms. The van der Waals surface area contributed by atoms with Gasteiger partial charge >= 0.3 is 0 Å². The van der Waals surface area contributed by atoms with E-state index in [0.29, 0.717) is 23.1 Å². The highest BCUT2D eigenvalue weighted by molar-refractivity contribution is 7.99. The normalized spacial score (nSPS) is 10.1. The summed E-state index contributed by atoms with van der Waals surface area (Å²) in [6, 6.07) is 5.25. The summed E-state index contributed by atoms with van der Waals surface area (Å²) in [5.74, 6) is 2.76. The molecule has 0 amide bonds. The fourth-order valence-electron chi connectivity index (χ4n) is 0.988. The van der Waals surface area contributed by atoms with Crippen LogP contribution in [-0.2, 0) is 0 Å². The van der Waals surface area contributed by atoms with Gasteiger partial charge in [0.05, 0.1) is 12.3 Å². The van der Waals surface area contributed by atoms with Crippen LogP contribution >= 0.6 is 23.4 Å². The number of ether oxygens (including phenoxy) is 1.